The molecule has 2 heterocycles. The van der Waals surface area contributed by atoms with Crippen LogP contribution in [0.15, 0.2) is 6.07 Å². The molecule has 1 amide bonds. The zero-order valence-corrected chi connectivity index (χ0v) is 13.0. The van der Waals surface area contributed by atoms with Crippen LogP contribution in [0, 0.1) is 6.92 Å². The van der Waals surface area contributed by atoms with Gasteiger partial charge in [-0.25, -0.2) is 4.98 Å². The summed E-state index contributed by atoms with van der Waals surface area (Å²) in [5.41, 5.74) is 0.962. The van der Waals surface area contributed by atoms with E-state index < -0.39 is 0 Å². The Labute approximate surface area is 126 Å². The molecule has 1 aliphatic heterocycles. The van der Waals surface area contributed by atoms with Gasteiger partial charge in [0.25, 0.3) is 0 Å². The highest BCUT2D eigenvalue weighted by Gasteiger charge is 2.14. The fourth-order valence-corrected chi connectivity index (χ4v) is 2.43. The van der Waals surface area contributed by atoms with Gasteiger partial charge in [-0.3, -0.25) is 4.79 Å². The Kier molecular flexibility index (Phi) is 5.78. The monoisotopic (exact) mass is 291 g/mol. The Morgan fingerprint density at radius 1 is 1.29 bits per heavy atom. The van der Waals surface area contributed by atoms with Crippen molar-refractivity contribution in [3.63, 3.8) is 0 Å². The number of aryl methyl sites for hydroxylation is 1. The van der Waals surface area contributed by atoms with Crippen LogP contribution >= 0.6 is 0 Å². The van der Waals surface area contributed by atoms with Crippen molar-refractivity contribution in [2.24, 2.45) is 0 Å². The van der Waals surface area contributed by atoms with Gasteiger partial charge in [-0.1, -0.05) is 6.92 Å². The minimum atomic E-state index is 0.0993. The van der Waals surface area contributed by atoms with Crippen molar-refractivity contribution in [1.29, 1.82) is 0 Å². The first-order valence-corrected chi connectivity index (χ1v) is 7.80. The van der Waals surface area contributed by atoms with Crippen LogP contribution in [0.1, 0.15) is 38.3 Å². The Bertz CT molecular complexity index is 471. The standard InChI is InChI=1S/C15H25N5O/c1-3-6-14(21)16-7-8-17-15-18-12(2)11-13(19-15)20-9-4-5-10-20/h11H,3-10H2,1-2H3,(H,16,21)(H,17,18,19). The van der Waals surface area contributed by atoms with Crippen LogP contribution < -0.4 is 15.5 Å². The number of carbonyl (C=O) groups excluding carboxylic acids is 1. The highest BCUT2D eigenvalue weighted by Crippen LogP contribution is 2.19. The van der Waals surface area contributed by atoms with Crippen molar-refractivity contribution in [2.75, 3.05) is 36.4 Å². The van der Waals surface area contributed by atoms with Crippen LogP contribution in [0.4, 0.5) is 11.8 Å². The van der Waals surface area contributed by atoms with Gasteiger partial charge < -0.3 is 15.5 Å². The van der Waals surface area contributed by atoms with Crippen molar-refractivity contribution in [1.82, 2.24) is 15.3 Å². The number of amides is 1. The van der Waals surface area contributed by atoms with E-state index in [1.54, 1.807) is 0 Å². The molecule has 0 unspecified atom stereocenters. The molecule has 6 nitrogen and oxygen atoms in total. The second kappa shape index (κ2) is 7.81. The number of anilines is 2. The first-order chi connectivity index (χ1) is 10.2. The third-order valence-corrected chi connectivity index (χ3v) is 3.48. The fraction of sp³-hybridized carbons (Fsp3) is 0.667. The van der Waals surface area contributed by atoms with Gasteiger partial charge in [-0.2, -0.15) is 4.98 Å². The molecule has 2 N–H and O–H groups in total. The molecule has 0 saturated carbocycles. The number of nitrogens with zero attached hydrogens (tertiary/aromatic N) is 3. The van der Waals surface area contributed by atoms with Gasteiger partial charge >= 0.3 is 0 Å². The van der Waals surface area contributed by atoms with E-state index in [0.717, 1.165) is 31.0 Å². The summed E-state index contributed by atoms with van der Waals surface area (Å²) in [5, 5.41) is 6.05. The zero-order valence-electron chi connectivity index (χ0n) is 13.0. The average Bonchev–Trinajstić information content (AvgIpc) is 2.97. The molecule has 0 aromatic carbocycles. The minimum absolute atomic E-state index is 0.0993. The van der Waals surface area contributed by atoms with E-state index in [0.29, 0.717) is 25.5 Å². The number of rotatable bonds is 7. The second-order valence-electron chi connectivity index (χ2n) is 5.41. The fourth-order valence-electron chi connectivity index (χ4n) is 2.43. The molecular weight excluding hydrogens is 266 g/mol. The molecule has 21 heavy (non-hydrogen) atoms. The van der Waals surface area contributed by atoms with Crippen molar-refractivity contribution in [2.45, 2.75) is 39.5 Å². The van der Waals surface area contributed by atoms with Gasteiger partial charge in [0.2, 0.25) is 11.9 Å². The van der Waals surface area contributed by atoms with Gasteiger partial charge in [0, 0.05) is 44.4 Å². The van der Waals surface area contributed by atoms with Crippen LogP contribution in [-0.2, 0) is 4.79 Å². The van der Waals surface area contributed by atoms with E-state index in [1.165, 1.54) is 12.8 Å². The van der Waals surface area contributed by atoms with Gasteiger partial charge in [-0.15, -0.1) is 0 Å². The number of carbonyl (C=O) groups is 1. The summed E-state index contributed by atoms with van der Waals surface area (Å²) in [6.45, 7) is 7.35. The summed E-state index contributed by atoms with van der Waals surface area (Å²) in [7, 11) is 0. The summed E-state index contributed by atoms with van der Waals surface area (Å²) in [6, 6.07) is 2.03. The second-order valence-corrected chi connectivity index (χ2v) is 5.41. The number of aromatic nitrogens is 2. The zero-order chi connectivity index (χ0) is 15.1. The lowest BCUT2D eigenvalue weighted by Crippen LogP contribution is -2.29. The Balaban J connectivity index is 1.84. The number of hydrogen-bond acceptors (Lipinski definition) is 5. The van der Waals surface area contributed by atoms with Crippen LogP contribution in [0.25, 0.3) is 0 Å². The van der Waals surface area contributed by atoms with Gasteiger partial charge in [0.15, 0.2) is 0 Å². The lowest BCUT2D eigenvalue weighted by atomic mass is 10.3. The third kappa shape index (κ3) is 4.88. The van der Waals surface area contributed by atoms with E-state index in [4.69, 9.17) is 0 Å². The molecule has 2 rings (SSSR count). The predicted octanol–water partition coefficient (Wildman–Crippen LogP) is 1.71. The molecule has 1 aliphatic rings. The van der Waals surface area contributed by atoms with E-state index in [-0.39, 0.29) is 5.91 Å². The van der Waals surface area contributed by atoms with E-state index in [9.17, 15) is 4.79 Å². The topological polar surface area (TPSA) is 70.2 Å². The Hall–Kier alpha value is -1.85. The van der Waals surface area contributed by atoms with Crippen LogP contribution in [-0.4, -0.2) is 42.1 Å². The van der Waals surface area contributed by atoms with Gasteiger partial charge in [0.1, 0.15) is 5.82 Å². The molecule has 0 bridgehead atoms. The van der Waals surface area contributed by atoms with Crippen molar-refractivity contribution < 1.29 is 4.79 Å². The smallest absolute Gasteiger partial charge is 0.224 e. The number of nitrogens with one attached hydrogen (secondary N) is 2. The summed E-state index contributed by atoms with van der Waals surface area (Å²) >= 11 is 0. The first-order valence-electron chi connectivity index (χ1n) is 7.80. The Morgan fingerprint density at radius 3 is 2.76 bits per heavy atom. The average molecular weight is 291 g/mol. The lowest BCUT2D eigenvalue weighted by molar-refractivity contribution is -0.121. The van der Waals surface area contributed by atoms with Crippen molar-refractivity contribution >= 4 is 17.7 Å². The summed E-state index contributed by atoms with van der Waals surface area (Å²) in [6.07, 6.45) is 3.92. The third-order valence-electron chi connectivity index (χ3n) is 3.48. The van der Waals surface area contributed by atoms with Crippen molar-refractivity contribution in [3.8, 4) is 0 Å². The van der Waals surface area contributed by atoms with E-state index in [2.05, 4.69) is 25.5 Å². The molecule has 1 aromatic rings. The van der Waals surface area contributed by atoms with Crippen molar-refractivity contribution in [3.05, 3.63) is 11.8 Å². The molecule has 116 valence electrons. The minimum Gasteiger partial charge on any atom is -0.356 e. The Morgan fingerprint density at radius 2 is 2.05 bits per heavy atom. The highest BCUT2D eigenvalue weighted by molar-refractivity contribution is 5.75. The molecular formula is C15H25N5O. The highest BCUT2D eigenvalue weighted by atomic mass is 16.1. The maximum Gasteiger partial charge on any atom is 0.224 e. The van der Waals surface area contributed by atoms with Crippen LogP contribution in [0.3, 0.4) is 0 Å². The molecule has 1 saturated heterocycles. The number of hydrogen-bond donors (Lipinski definition) is 2. The normalized spacial score (nSPS) is 14.3. The van der Waals surface area contributed by atoms with Gasteiger partial charge in [0.05, 0.1) is 0 Å². The molecule has 0 spiro atoms. The molecule has 1 aromatic heterocycles. The van der Waals surface area contributed by atoms with Crippen LogP contribution in [0.2, 0.25) is 0 Å². The lowest BCUT2D eigenvalue weighted by Gasteiger charge is -2.17. The summed E-state index contributed by atoms with van der Waals surface area (Å²) in [5.74, 6) is 1.74. The molecule has 0 atom stereocenters. The molecule has 0 radical (unpaired) electrons. The summed E-state index contributed by atoms with van der Waals surface area (Å²) < 4.78 is 0. The molecule has 0 aliphatic carbocycles. The summed E-state index contributed by atoms with van der Waals surface area (Å²) in [4.78, 5) is 22.6. The molecule has 6 heteroatoms. The van der Waals surface area contributed by atoms with Gasteiger partial charge in [-0.05, 0) is 26.2 Å². The maximum absolute atomic E-state index is 11.4. The van der Waals surface area contributed by atoms with Crippen LogP contribution in [0.5, 0.6) is 0 Å². The first kappa shape index (κ1) is 15.5. The largest absolute Gasteiger partial charge is 0.356 e. The van der Waals surface area contributed by atoms with E-state index in [1.807, 2.05) is 19.9 Å². The quantitative estimate of drug-likeness (QED) is 0.749. The predicted molar refractivity (Wildman–Crippen MR) is 84.6 cm³/mol. The van der Waals surface area contributed by atoms with E-state index >= 15 is 0 Å². The maximum atomic E-state index is 11.4. The molecule has 1 fully saturated rings. The SMILES string of the molecule is CCCC(=O)NCCNc1nc(C)cc(N2CCCC2)n1.